The smallest absolute Gasteiger partial charge is 0.330 e. The first kappa shape index (κ1) is 34.2. The van der Waals surface area contributed by atoms with E-state index < -0.39 is 19.1 Å². The molecule has 0 bridgehead atoms. The molecule has 0 saturated heterocycles. The Morgan fingerprint density at radius 2 is 1.74 bits per heavy atom. The lowest BCUT2D eigenvalue weighted by Crippen LogP contribution is -2.53. The lowest BCUT2D eigenvalue weighted by molar-refractivity contribution is -0.869. The molecular formula is C32H54F3N4O4+. The number of amides is 1. The summed E-state index contributed by atoms with van der Waals surface area (Å²) < 4.78 is 42.5. The molecule has 0 aliphatic heterocycles. The fourth-order valence-electron chi connectivity index (χ4n) is 9.28. The van der Waals surface area contributed by atoms with Gasteiger partial charge >= 0.3 is 12.5 Å². The Bertz CT molecular complexity index is 1030. The molecule has 0 aromatic heterocycles. The Kier molecular flexibility index (Phi) is 10.6. The number of hydrogen-bond donors (Lipinski definition) is 1. The highest BCUT2D eigenvalue weighted by Gasteiger charge is 2.60. The Morgan fingerprint density at radius 3 is 2.44 bits per heavy atom. The summed E-state index contributed by atoms with van der Waals surface area (Å²) in [5.74, 6) is 3.06. The number of ether oxygens (including phenoxy) is 1. The Hall–Kier alpha value is -1.72. The summed E-state index contributed by atoms with van der Waals surface area (Å²) in [4.78, 5) is 31.8. The van der Waals surface area contributed by atoms with Crippen LogP contribution in [0.5, 0.6) is 0 Å². The Labute approximate surface area is 255 Å². The van der Waals surface area contributed by atoms with Gasteiger partial charge in [-0.15, -0.1) is 13.2 Å². The number of quaternary nitrogens is 1. The molecule has 4 saturated carbocycles. The minimum Gasteiger partial charge on any atom is -0.330 e. The third-order valence-corrected chi connectivity index (χ3v) is 11.7. The van der Waals surface area contributed by atoms with Gasteiger partial charge in [0.25, 0.3) is 0 Å². The number of fused-ring (bicyclic) bond motifs is 5. The number of nitrogens with one attached hydrogen (secondary N) is 1. The van der Waals surface area contributed by atoms with Crippen LogP contribution in [-0.2, 0) is 14.4 Å². The highest BCUT2D eigenvalue weighted by molar-refractivity contribution is 5.85. The highest BCUT2D eigenvalue weighted by Crippen LogP contribution is 2.67. The average Bonchev–Trinajstić information content (AvgIpc) is 3.27. The minimum atomic E-state index is -4.76. The van der Waals surface area contributed by atoms with Crippen molar-refractivity contribution in [3.05, 3.63) is 0 Å². The molecule has 0 heterocycles. The third-order valence-electron chi connectivity index (χ3n) is 11.7. The molecule has 0 spiro atoms. The van der Waals surface area contributed by atoms with Crippen molar-refractivity contribution in [2.75, 3.05) is 60.5 Å². The topological polar surface area (TPSA) is 80.2 Å². The summed E-state index contributed by atoms with van der Waals surface area (Å²) in [6.45, 7) is 8.02. The van der Waals surface area contributed by atoms with Crippen molar-refractivity contribution in [2.24, 2.45) is 45.6 Å². The maximum Gasteiger partial charge on any atom is 0.522 e. The van der Waals surface area contributed by atoms with E-state index in [-0.39, 0.29) is 29.8 Å². The van der Waals surface area contributed by atoms with E-state index in [0.29, 0.717) is 42.5 Å². The van der Waals surface area contributed by atoms with E-state index >= 15 is 0 Å². The quantitative estimate of drug-likeness (QED) is 0.104. The van der Waals surface area contributed by atoms with Crippen molar-refractivity contribution >= 4 is 17.6 Å². The van der Waals surface area contributed by atoms with Crippen LogP contribution >= 0.6 is 0 Å². The number of ketones is 1. The molecule has 4 rings (SSSR count). The fourth-order valence-corrected chi connectivity index (χ4v) is 9.28. The van der Waals surface area contributed by atoms with E-state index in [0.717, 1.165) is 68.1 Å². The number of halogens is 3. The number of alkyl halides is 3. The van der Waals surface area contributed by atoms with Crippen LogP contribution in [0.4, 0.5) is 18.0 Å². The SMILES string of the molecule is C/C(=N\OC(=O)N(CCNCC[N+](C)(C)C)CCOC(F)(F)F)[C@H]1CC[C@H]2[C@@H]3CC[C@@H]4CC(=O)CC[C@]4(C)[C@H]3CC[C@]12C. The van der Waals surface area contributed by atoms with Crippen LogP contribution in [0.2, 0.25) is 0 Å². The summed E-state index contributed by atoms with van der Waals surface area (Å²) in [6.07, 6.45) is 3.70. The zero-order valence-corrected chi connectivity index (χ0v) is 27.1. The first-order valence-corrected chi connectivity index (χ1v) is 16.3. The van der Waals surface area contributed by atoms with Crippen LogP contribution in [-0.4, -0.2) is 93.8 Å². The van der Waals surface area contributed by atoms with Gasteiger partial charge in [-0.3, -0.25) is 14.4 Å². The van der Waals surface area contributed by atoms with Gasteiger partial charge in [-0.2, -0.15) is 0 Å². The maximum atomic E-state index is 13.0. The van der Waals surface area contributed by atoms with Gasteiger partial charge in [0.05, 0.1) is 40.0 Å². The molecule has 0 aromatic carbocycles. The molecule has 4 fully saturated rings. The summed E-state index contributed by atoms with van der Waals surface area (Å²) >= 11 is 0. The molecule has 7 atom stereocenters. The average molecular weight is 616 g/mol. The van der Waals surface area contributed by atoms with Crippen molar-refractivity contribution in [2.45, 2.75) is 84.9 Å². The van der Waals surface area contributed by atoms with Crippen molar-refractivity contribution in [1.29, 1.82) is 0 Å². The van der Waals surface area contributed by atoms with Crippen LogP contribution in [0.25, 0.3) is 0 Å². The predicted octanol–water partition coefficient (Wildman–Crippen LogP) is 5.86. The first-order chi connectivity index (χ1) is 20.0. The van der Waals surface area contributed by atoms with Gasteiger partial charge in [-0.25, -0.2) is 4.79 Å². The van der Waals surface area contributed by atoms with Crippen molar-refractivity contribution < 1.29 is 36.8 Å². The van der Waals surface area contributed by atoms with Gasteiger partial charge in [0.2, 0.25) is 0 Å². The Morgan fingerprint density at radius 1 is 1.02 bits per heavy atom. The Balaban J connectivity index is 1.36. The van der Waals surface area contributed by atoms with Gasteiger partial charge < -0.3 is 14.7 Å². The van der Waals surface area contributed by atoms with Gasteiger partial charge in [0.1, 0.15) is 5.78 Å². The molecule has 8 nitrogen and oxygen atoms in total. The number of Topliss-reactive ketones (excluding diaryl/α,β-unsaturated/α-hetero) is 1. The second kappa shape index (κ2) is 13.3. The molecule has 4 aliphatic carbocycles. The summed E-state index contributed by atoms with van der Waals surface area (Å²) in [6, 6.07) is 0. The molecule has 246 valence electrons. The van der Waals surface area contributed by atoms with Gasteiger partial charge in [-0.05, 0) is 86.4 Å². The monoisotopic (exact) mass is 615 g/mol. The molecule has 0 radical (unpaired) electrons. The molecule has 11 heteroatoms. The second-order valence-electron chi connectivity index (χ2n) is 15.2. The van der Waals surface area contributed by atoms with Crippen LogP contribution in [0.3, 0.4) is 0 Å². The maximum absolute atomic E-state index is 13.0. The number of hydrogen-bond acceptors (Lipinski definition) is 6. The first-order valence-electron chi connectivity index (χ1n) is 16.3. The zero-order valence-electron chi connectivity index (χ0n) is 27.1. The van der Waals surface area contributed by atoms with Crippen molar-refractivity contribution in [3.8, 4) is 0 Å². The molecule has 43 heavy (non-hydrogen) atoms. The van der Waals surface area contributed by atoms with Crippen LogP contribution < -0.4 is 5.32 Å². The van der Waals surface area contributed by atoms with E-state index in [9.17, 15) is 22.8 Å². The number of carbonyl (C=O) groups excluding carboxylic acids is 2. The molecule has 4 aliphatic rings. The summed E-state index contributed by atoms with van der Waals surface area (Å²) in [5.41, 5.74) is 1.12. The van der Waals surface area contributed by atoms with E-state index in [1.54, 1.807) is 0 Å². The standard InChI is InChI=1S/C32H54F3N4O4/c1-22(37-43-29(41)38(18-20-42-32(33,34)35)17-15-36-16-19-39(4,5)6)26-9-10-27-25-8-7-23-21-24(40)11-13-30(23,2)28(25)12-14-31(26,27)3/h23,25-28,36H,7-21H2,1-6H3/q+1/b37-22+/t23-,25+,26-,27+,28+,30+,31-/m1/s1. The molecule has 1 amide bonds. The van der Waals surface area contributed by atoms with E-state index in [1.165, 1.54) is 11.3 Å². The van der Waals surface area contributed by atoms with E-state index in [1.807, 2.05) is 6.92 Å². The minimum absolute atomic E-state index is 0.0740. The molecule has 0 unspecified atom stereocenters. The van der Waals surface area contributed by atoms with Gasteiger partial charge in [0, 0.05) is 44.9 Å². The zero-order chi connectivity index (χ0) is 31.6. The summed E-state index contributed by atoms with van der Waals surface area (Å²) in [7, 11) is 6.22. The molecular weight excluding hydrogens is 561 g/mol. The normalized spacial score (nSPS) is 34.8. The van der Waals surface area contributed by atoms with Crippen LogP contribution in [0, 0.1) is 40.4 Å². The van der Waals surface area contributed by atoms with Crippen LogP contribution in [0.15, 0.2) is 5.16 Å². The lowest BCUT2D eigenvalue weighted by atomic mass is 9.44. The number of likely N-dealkylation sites (N-methyl/N-ethyl adjacent to an activating group) is 1. The van der Waals surface area contributed by atoms with Crippen molar-refractivity contribution in [1.82, 2.24) is 10.2 Å². The predicted molar refractivity (Wildman–Crippen MR) is 159 cm³/mol. The molecule has 1 N–H and O–H groups in total. The molecule has 0 aromatic rings. The van der Waals surface area contributed by atoms with E-state index in [2.05, 4.69) is 50.2 Å². The van der Waals surface area contributed by atoms with Gasteiger partial charge in [-0.1, -0.05) is 19.0 Å². The number of nitrogens with zero attached hydrogens (tertiary/aromatic N) is 3. The lowest BCUT2D eigenvalue weighted by Gasteiger charge is -2.60. The summed E-state index contributed by atoms with van der Waals surface area (Å²) in [5, 5.41) is 7.53. The fraction of sp³-hybridized carbons (Fsp3) is 0.906. The second-order valence-corrected chi connectivity index (χ2v) is 15.2. The highest BCUT2D eigenvalue weighted by atomic mass is 19.4. The van der Waals surface area contributed by atoms with Gasteiger partial charge in [0.15, 0.2) is 0 Å². The number of rotatable bonds is 11. The largest absolute Gasteiger partial charge is 0.522 e. The number of oxime groups is 1. The van der Waals surface area contributed by atoms with Crippen LogP contribution in [0.1, 0.15) is 78.6 Å². The van der Waals surface area contributed by atoms with Crippen molar-refractivity contribution in [3.63, 3.8) is 0 Å². The third kappa shape index (κ3) is 8.12. The number of carbonyl (C=O) groups is 2. The van der Waals surface area contributed by atoms with E-state index in [4.69, 9.17) is 4.84 Å².